The van der Waals surface area contributed by atoms with Gasteiger partial charge in [0.25, 0.3) is 5.91 Å². The number of aromatic hydroxyl groups is 1. The summed E-state index contributed by atoms with van der Waals surface area (Å²) in [5.41, 5.74) is 2.10. The van der Waals surface area contributed by atoms with Gasteiger partial charge >= 0.3 is 0 Å². The minimum absolute atomic E-state index is 0.106. The van der Waals surface area contributed by atoms with Crippen LogP contribution < -0.4 is 0 Å². The van der Waals surface area contributed by atoms with Gasteiger partial charge in [0.1, 0.15) is 5.75 Å². The maximum atomic E-state index is 13.0. The molecule has 0 radical (unpaired) electrons. The predicted molar refractivity (Wildman–Crippen MR) is 130 cm³/mol. The van der Waals surface area contributed by atoms with Crippen molar-refractivity contribution >= 4 is 28.9 Å². The van der Waals surface area contributed by atoms with Crippen LogP contribution in [0.25, 0.3) is 21.9 Å². The number of likely N-dealkylation sites (tertiary alicyclic amines) is 1. The van der Waals surface area contributed by atoms with Crippen molar-refractivity contribution < 1.29 is 19.5 Å². The topological polar surface area (TPSA) is 77.9 Å². The molecule has 1 aliphatic heterocycles. The fourth-order valence-electron chi connectivity index (χ4n) is 3.92. The third kappa shape index (κ3) is 4.65. The van der Waals surface area contributed by atoms with Crippen LogP contribution in [0.1, 0.15) is 34.6 Å². The van der Waals surface area contributed by atoms with Crippen LogP contribution in [0.4, 0.5) is 0 Å². The van der Waals surface area contributed by atoms with E-state index in [0.29, 0.717) is 24.9 Å². The number of carbonyl (C=O) groups is 3. The molecule has 170 valence electrons. The van der Waals surface area contributed by atoms with Crippen LogP contribution in [-0.4, -0.2) is 59.2 Å². The van der Waals surface area contributed by atoms with Gasteiger partial charge in [-0.1, -0.05) is 50.8 Å². The van der Waals surface area contributed by atoms with E-state index in [1.807, 2.05) is 38.1 Å². The normalized spacial score (nSPS) is 12.9. The summed E-state index contributed by atoms with van der Waals surface area (Å²) in [4.78, 5) is 39.6. The van der Waals surface area contributed by atoms with Crippen LogP contribution in [-0.2, 0) is 4.79 Å². The summed E-state index contributed by atoms with van der Waals surface area (Å²) in [7, 11) is 1.67. The number of fused-ring (bicyclic) bond motifs is 1. The van der Waals surface area contributed by atoms with Crippen molar-refractivity contribution in [1.82, 2.24) is 9.80 Å². The molecule has 0 saturated carbocycles. The molecule has 6 heteroatoms. The van der Waals surface area contributed by atoms with Crippen LogP contribution in [0.3, 0.4) is 0 Å². The molecule has 4 rings (SSSR count). The summed E-state index contributed by atoms with van der Waals surface area (Å²) < 4.78 is 0. The average molecular weight is 445 g/mol. The highest BCUT2D eigenvalue weighted by Crippen LogP contribution is 2.33. The van der Waals surface area contributed by atoms with Crippen LogP contribution in [0.5, 0.6) is 5.75 Å². The summed E-state index contributed by atoms with van der Waals surface area (Å²) in [6.07, 6.45) is 1.93. The van der Waals surface area contributed by atoms with Crippen molar-refractivity contribution in [3.63, 3.8) is 0 Å². The lowest BCUT2D eigenvalue weighted by Gasteiger charge is -2.43. The monoisotopic (exact) mass is 444 g/mol. The second-order valence-electron chi connectivity index (χ2n) is 7.65. The molecule has 3 aromatic rings. The Morgan fingerprint density at radius 1 is 1.09 bits per heavy atom. The molecule has 1 fully saturated rings. The van der Waals surface area contributed by atoms with Gasteiger partial charge in [0, 0.05) is 25.7 Å². The molecule has 0 spiro atoms. The molecule has 0 unspecified atom stereocenters. The highest BCUT2D eigenvalue weighted by atomic mass is 16.3. The predicted octanol–water partition coefficient (Wildman–Crippen LogP) is 4.52. The minimum atomic E-state index is -0.273. The summed E-state index contributed by atoms with van der Waals surface area (Å²) >= 11 is 0. The van der Waals surface area contributed by atoms with E-state index >= 15 is 0 Å². The van der Waals surface area contributed by atoms with Crippen LogP contribution in [0, 0.1) is 0 Å². The molecule has 3 aromatic carbocycles. The van der Waals surface area contributed by atoms with E-state index in [1.54, 1.807) is 47.2 Å². The number of benzene rings is 3. The molecule has 1 N–H and O–H groups in total. The van der Waals surface area contributed by atoms with Crippen LogP contribution in [0.2, 0.25) is 0 Å². The molecule has 1 heterocycles. The summed E-state index contributed by atoms with van der Waals surface area (Å²) in [5, 5.41) is 11.9. The van der Waals surface area contributed by atoms with Gasteiger partial charge in [-0.05, 0) is 52.2 Å². The summed E-state index contributed by atoms with van der Waals surface area (Å²) in [5.74, 6) is -0.302. The zero-order valence-electron chi connectivity index (χ0n) is 19.1. The second-order valence-corrected chi connectivity index (χ2v) is 7.65. The maximum Gasteiger partial charge on any atom is 0.254 e. The average Bonchev–Trinajstić information content (AvgIpc) is 2.82. The van der Waals surface area contributed by atoms with Gasteiger partial charge in [0.2, 0.25) is 5.91 Å². The van der Waals surface area contributed by atoms with Gasteiger partial charge in [-0.2, -0.15) is 0 Å². The van der Waals surface area contributed by atoms with Crippen molar-refractivity contribution in [2.75, 3.05) is 20.1 Å². The number of nitrogens with zero attached hydrogens (tertiary/aromatic N) is 2. The number of rotatable bonds is 5. The number of phenols is 1. The third-order valence-corrected chi connectivity index (χ3v) is 5.78. The molecule has 0 bridgehead atoms. The first-order valence-corrected chi connectivity index (χ1v) is 10.9. The lowest BCUT2D eigenvalue weighted by atomic mass is 9.94. The fraction of sp³-hybridized carbons (Fsp3) is 0.222. The van der Waals surface area contributed by atoms with E-state index in [9.17, 15) is 19.5 Å². The Morgan fingerprint density at radius 3 is 2.45 bits per heavy atom. The lowest BCUT2D eigenvalue weighted by molar-refractivity contribution is -0.132. The van der Waals surface area contributed by atoms with Gasteiger partial charge in [0.05, 0.1) is 11.6 Å². The maximum absolute atomic E-state index is 13.0. The molecule has 0 aromatic heterocycles. The zero-order valence-corrected chi connectivity index (χ0v) is 19.1. The van der Waals surface area contributed by atoms with E-state index in [1.165, 1.54) is 6.08 Å². The molecule has 1 aliphatic rings. The van der Waals surface area contributed by atoms with Gasteiger partial charge < -0.3 is 14.9 Å². The quantitative estimate of drug-likeness (QED) is 0.464. The van der Waals surface area contributed by atoms with Crippen LogP contribution in [0.15, 0.2) is 67.3 Å². The Morgan fingerprint density at radius 2 is 1.79 bits per heavy atom. The van der Waals surface area contributed by atoms with Crippen molar-refractivity contribution in [2.45, 2.75) is 19.9 Å². The van der Waals surface area contributed by atoms with Gasteiger partial charge in [-0.25, -0.2) is 0 Å². The number of phenolic OH excluding ortho intramolecular Hbond substituents is 1. The number of likely N-dealkylation sites (N-methyl/N-ethyl adjacent to an activating group) is 1. The van der Waals surface area contributed by atoms with Crippen molar-refractivity contribution in [1.29, 1.82) is 0 Å². The van der Waals surface area contributed by atoms with E-state index in [0.717, 1.165) is 21.9 Å². The van der Waals surface area contributed by atoms with Crippen molar-refractivity contribution in [3.8, 4) is 16.9 Å². The minimum Gasteiger partial charge on any atom is -0.508 e. The zero-order chi connectivity index (χ0) is 24.1. The first kappa shape index (κ1) is 23.7. The Labute approximate surface area is 193 Å². The Balaban J connectivity index is 0.00000149. The van der Waals surface area contributed by atoms with Gasteiger partial charge in [0.15, 0.2) is 6.29 Å². The van der Waals surface area contributed by atoms with E-state index < -0.39 is 0 Å². The van der Waals surface area contributed by atoms with Gasteiger partial charge in [-0.15, -0.1) is 0 Å². The van der Waals surface area contributed by atoms with Crippen molar-refractivity contribution in [2.24, 2.45) is 0 Å². The molecular weight excluding hydrogens is 416 g/mol. The van der Waals surface area contributed by atoms with E-state index in [2.05, 4.69) is 6.58 Å². The van der Waals surface area contributed by atoms with E-state index in [-0.39, 0.29) is 29.2 Å². The number of hydrogen-bond acceptors (Lipinski definition) is 4. The molecule has 2 amide bonds. The molecule has 0 aliphatic carbocycles. The number of aldehydes is 1. The summed E-state index contributed by atoms with van der Waals surface area (Å²) in [6.45, 7) is 8.35. The first-order chi connectivity index (χ1) is 15.9. The number of hydrogen-bond donors (Lipinski definition) is 1. The second kappa shape index (κ2) is 10.1. The largest absolute Gasteiger partial charge is 0.508 e. The summed E-state index contributed by atoms with van der Waals surface area (Å²) in [6, 6.07) is 16.0. The van der Waals surface area contributed by atoms with Gasteiger partial charge in [-0.3, -0.25) is 14.4 Å². The third-order valence-electron chi connectivity index (χ3n) is 5.78. The standard InChI is InChI=1S/C25H22N2O4.C2H6/c1-3-24(30)27-13-19(14-27)26(2)25(31)22-9-8-17(10-18(22)15-28)23-12-20(29)11-16-6-4-5-7-21(16)23;1-2/h3-12,15,19,29H,1,13-14H2,2H3;1-2H3. The molecular formula is C27H28N2O4. The molecule has 6 nitrogen and oxygen atoms in total. The molecule has 0 atom stereocenters. The van der Waals surface area contributed by atoms with Crippen molar-refractivity contribution in [3.05, 3.63) is 78.4 Å². The first-order valence-electron chi connectivity index (χ1n) is 10.9. The highest BCUT2D eigenvalue weighted by Gasteiger charge is 2.35. The SMILES string of the molecule is C=CC(=O)N1CC(N(C)C(=O)c2ccc(-c3cc(O)cc4ccccc34)cc2C=O)C1.CC. The van der Waals surface area contributed by atoms with E-state index in [4.69, 9.17) is 0 Å². The smallest absolute Gasteiger partial charge is 0.254 e. The number of carbonyl (C=O) groups excluding carboxylic acids is 3. The Kier molecular flexibility index (Phi) is 7.28. The number of amides is 2. The molecule has 1 saturated heterocycles. The van der Waals surface area contributed by atoms with Crippen LogP contribution >= 0.6 is 0 Å². The lowest BCUT2D eigenvalue weighted by Crippen LogP contribution is -2.61. The Hall–Kier alpha value is -3.93. The highest BCUT2D eigenvalue weighted by molar-refractivity contribution is 6.04. The fourth-order valence-corrected chi connectivity index (χ4v) is 3.92. The Bertz CT molecular complexity index is 1210. The molecule has 33 heavy (non-hydrogen) atoms.